The fourth-order valence-electron chi connectivity index (χ4n) is 1.50. The highest BCUT2D eigenvalue weighted by Gasteiger charge is 2.18. The summed E-state index contributed by atoms with van der Waals surface area (Å²) in [6, 6.07) is 0. The van der Waals surface area contributed by atoms with Gasteiger partial charge in [-0.3, -0.25) is 0 Å². The Morgan fingerprint density at radius 2 is 2.58 bits per heavy atom. The van der Waals surface area contributed by atoms with Crippen LogP contribution in [0.1, 0.15) is 12.8 Å². The zero-order valence-electron chi connectivity index (χ0n) is 6.81. The predicted octanol–water partition coefficient (Wildman–Crippen LogP) is 1.10. The lowest BCUT2D eigenvalue weighted by Gasteiger charge is -2.29. The van der Waals surface area contributed by atoms with Crippen LogP contribution in [0.15, 0.2) is 11.6 Å². The van der Waals surface area contributed by atoms with Gasteiger partial charge in [0.2, 0.25) is 0 Å². The maximum absolute atomic E-state index is 9.41. The second-order valence-electron chi connectivity index (χ2n) is 3.06. The van der Waals surface area contributed by atoms with Crippen LogP contribution in [0.3, 0.4) is 0 Å². The van der Waals surface area contributed by atoms with Gasteiger partial charge in [0.1, 0.15) is 0 Å². The van der Waals surface area contributed by atoms with Gasteiger partial charge in [-0.15, -0.1) is 11.3 Å². The summed E-state index contributed by atoms with van der Waals surface area (Å²) in [5.74, 6) is 0. The molecule has 1 aliphatic rings. The van der Waals surface area contributed by atoms with Crippen LogP contribution in [0.2, 0.25) is 0 Å². The summed E-state index contributed by atoms with van der Waals surface area (Å²) in [4.78, 5) is 6.36. The number of aliphatic hydroxyl groups excluding tert-OH is 1. The highest BCUT2D eigenvalue weighted by Crippen LogP contribution is 2.21. The van der Waals surface area contributed by atoms with Crippen LogP contribution >= 0.6 is 11.3 Å². The molecule has 12 heavy (non-hydrogen) atoms. The number of β-amino-alcohol motifs (C(OH)–C–C–N with tert-alkyl or cyclic N) is 1. The maximum Gasteiger partial charge on any atom is 0.185 e. The Hall–Kier alpha value is -0.610. The summed E-state index contributed by atoms with van der Waals surface area (Å²) in [7, 11) is 0. The molecule has 2 rings (SSSR count). The molecular weight excluding hydrogens is 172 g/mol. The number of piperidine rings is 1. The maximum atomic E-state index is 9.41. The fraction of sp³-hybridized carbons (Fsp3) is 0.625. The van der Waals surface area contributed by atoms with E-state index < -0.39 is 0 Å². The van der Waals surface area contributed by atoms with E-state index in [1.807, 2.05) is 5.38 Å². The number of thiazole rings is 1. The minimum absolute atomic E-state index is 0.164. The number of aromatic nitrogens is 1. The molecule has 0 aromatic carbocycles. The smallest absolute Gasteiger partial charge is 0.185 e. The van der Waals surface area contributed by atoms with Crippen molar-refractivity contribution in [1.82, 2.24) is 4.98 Å². The van der Waals surface area contributed by atoms with E-state index in [4.69, 9.17) is 0 Å². The molecule has 1 aromatic rings. The van der Waals surface area contributed by atoms with Crippen molar-refractivity contribution in [3.63, 3.8) is 0 Å². The standard InChI is InChI=1S/C8H12N2OS/c11-7-2-1-4-10(6-7)8-9-3-5-12-8/h3,5,7,11H,1-2,4,6H2. The lowest BCUT2D eigenvalue weighted by atomic mass is 10.1. The van der Waals surface area contributed by atoms with Crippen molar-refractivity contribution in [2.75, 3.05) is 18.0 Å². The molecule has 1 unspecified atom stereocenters. The molecule has 1 N–H and O–H groups in total. The van der Waals surface area contributed by atoms with E-state index in [0.29, 0.717) is 0 Å². The van der Waals surface area contributed by atoms with Crippen LogP contribution in [-0.4, -0.2) is 29.3 Å². The summed E-state index contributed by atoms with van der Waals surface area (Å²) in [5.41, 5.74) is 0. The van der Waals surface area contributed by atoms with Crippen molar-refractivity contribution in [2.24, 2.45) is 0 Å². The van der Waals surface area contributed by atoms with Crippen molar-refractivity contribution in [2.45, 2.75) is 18.9 Å². The molecule has 0 spiro atoms. The predicted molar refractivity (Wildman–Crippen MR) is 49.6 cm³/mol. The van der Waals surface area contributed by atoms with Gasteiger partial charge in [0.15, 0.2) is 5.13 Å². The highest BCUT2D eigenvalue weighted by molar-refractivity contribution is 7.13. The summed E-state index contributed by atoms with van der Waals surface area (Å²) in [6.07, 6.45) is 3.64. The Labute approximate surface area is 75.7 Å². The Morgan fingerprint density at radius 1 is 1.67 bits per heavy atom. The minimum Gasteiger partial charge on any atom is -0.391 e. The molecule has 1 aliphatic heterocycles. The van der Waals surface area contributed by atoms with Crippen LogP contribution < -0.4 is 4.90 Å². The molecule has 1 saturated heterocycles. The Balaban J connectivity index is 2.04. The first-order valence-corrected chi connectivity index (χ1v) is 5.07. The molecule has 0 radical (unpaired) electrons. The first-order chi connectivity index (χ1) is 5.86. The second kappa shape index (κ2) is 3.41. The van der Waals surface area contributed by atoms with E-state index in [2.05, 4.69) is 9.88 Å². The topological polar surface area (TPSA) is 36.4 Å². The molecule has 2 heterocycles. The fourth-order valence-corrected chi connectivity index (χ4v) is 2.18. The first-order valence-electron chi connectivity index (χ1n) is 4.19. The molecule has 0 bridgehead atoms. The van der Waals surface area contributed by atoms with Gasteiger partial charge in [-0.25, -0.2) is 4.98 Å². The number of hydrogen-bond acceptors (Lipinski definition) is 4. The zero-order chi connectivity index (χ0) is 8.39. The van der Waals surface area contributed by atoms with Gasteiger partial charge >= 0.3 is 0 Å². The van der Waals surface area contributed by atoms with E-state index >= 15 is 0 Å². The Bertz CT molecular complexity index is 237. The Morgan fingerprint density at radius 3 is 3.25 bits per heavy atom. The molecule has 3 nitrogen and oxygen atoms in total. The van der Waals surface area contributed by atoms with Gasteiger partial charge < -0.3 is 10.0 Å². The van der Waals surface area contributed by atoms with Gasteiger partial charge in [-0.1, -0.05) is 0 Å². The van der Waals surface area contributed by atoms with Gasteiger partial charge in [-0.05, 0) is 12.8 Å². The normalized spacial score (nSPS) is 24.4. The molecule has 1 aromatic heterocycles. The highest BCUT2D eigenvalue weighted by atomic mass is 32.1. The van der Waals surface area contributed by atoms with Crippen LogP contribution in [0, 0.1) is 0 Å². The molecule has 1 fully saturated rings. The molecule has 1 atom stereocenters. The number of aliphatic hydroxyl groups is 1. The van der Waals surface area contributed by atoms with Crippen molar-refractivity contribution < 1.29 is 5.11 Å². The molecule has 0 aliphatic carbocycles. The summed E-state index contributed by atoms with van der Waals surface area (Å²) < 4.78 is 0. The third kappa shape index (κ3) is 1.59. The zero-order valence-corrected chi connectivity index (χ0v) is 7.63. The summed E-state index contributed by atoms with van der Waals surface area (Å²) in [6.45, 7) is 1.78. The monoisotopic (exact) mass is 184 g/mol. The van der Waals surface area contributed by atoms with Crippen molar-refractivity contribution in [1.29, 1.82) is 0 Å². The summed E-state index contributed by atoms with van der Waals surface area (Å²) in [5, 5.41) is 12.4. The van der Waals surface area contributed by atoms with Crippen molar-refractivity contribution in [3.8, 4) is 0 Å². The van der Waals surface area contributed by atoms with Crippen LogP contribution in [-0.2, 0) is 0 Å². The van der Waals surface area contributed by atoms with E-state index in [0.717, 1.165) is 31.1 Å². The minimum atomic E-state index is -0.164. The number of hydrogen-bond donors (Lipinski definition) is 1. The lowest BCUT2D eigenvalue weighted by molar-refractivity contribution is 0.154. The third-order valence-electron chi connectivity index (χ3n) is 2.09. The van der Waals surface area contributed by atoms with Crippen LogP contribution in [0.5, 0.6) is 0 Å². The van der Waals surface area contributed by atoms with E-state index in [1.165, 1.54) is 0 Å². The third-order valence-corrected chi connectivity index (χ3v) is 2.92. The average Bonchev–Trinajstić information content (AvgIpc) is 2.56. The Kier molecular flexibility index (Phi) is 2.28. The van der Waals surface area contributed by atoms with Gasteiger partial charge in [0.05, 0.1) is 6.10 Å². The van der Waals surface area contributed by atoms with E-state index in [9.17, 15) is 5.11 Å². The van der Waals surface area contributed by atoms with Crippen molar-refractivity contribution >= 4 is 16.5 Å². The lowest BCUT2D eigenvalue weighted by Crippen LogP contribution is -2.38. The molecule has 0 saturated carbocycles. The largest absolute Gasteiger partial charge is 0.391 e. The summed E-state index contributed by atoms with van der Waals surface area (Å²) >= 11 is 1.64. The van der Waals surface area contributed by atoms with E-state index in [-0.39, 0.29) is 6.10 Å². The molecule has 4 heteroatoms. The number of nitrogens with zero attached hydrogens (tertiary/aromatic N) is 2. The SMILES string of the molecule is OC1CCCN(c2nccs2)C1. The average molecular weight is 184 g/mol. The number of anilines is 1. The molecule has 66 valence electrons. The van der Waals surface area contributed by atoms with Crippen molar-refractivity contribution in [3.05, 3.63) is 11.6 Å². The quantitative estimate of drug-likeness (QED) is 0.710. The molecular formula is C8H12N2OS. The van der Waals surface area contributed by atoms with Gasteiger partial charge in [0.25, 0.3) is 0 Å². The van der Waals surface area contributed by atoms with Gasteiger partial charge in [-0.2, -0.15) is 0 Å². The molecule has 0 amide bonds. The van der Waals surface area contributed by atoms with Gasteiger partial charge in [0, 0.05) is 24.7 Å². The number of rotatable bonds is 1. The van der Waals surface area contributed by atoms with E-state index in [1.54, 1.807) is 17.5 Å². The first kappa shape index (κ1) is 8.01. The van der Waals surface area contributed by atoms with Crippen LogP contribution in [0.25, 0.3) is 0 Å². The second-order valence-corrected chi connectivity index (χ2v) is 3.93. The van der Waals surface area contributed by atoms with Crippen LogP contribution in [0.4, 0.5) is 5.13 Å².